The average Bonchev–Trinajstić information content (AvgIpc) is 3.32. The van der Waals surface area contributed by atoms with Crippen LogP contribution in [0.2, 0.25) is 5.02 Å². The third-order valence-electron chi connectivity index (χ3n) is 6.41. The largest absolute Gasteiger partial charge is 0.480 e. The quantitative estimate of drug-likeness (QED) is 0.251. The maximum Gasteiger partial charge on any atom is 0.148 e. The molecule has 0 aromatic heterocycles. The van der Waals surface area contributed by atoms with Crippen LogP contribution in [0.1, 0.15) is 40.6 Å². The van der Waals surface area contributed by atoms with Crippen molar-refractivity contribution in [1.82, 2.24) is 0 Å². The molecular formula is C29H25ClN2O. The van der Waals surface area contributed by atoms with Crippen molar-refractivity contribution in [3.8, 4) is 18.1 Å². The molecule has 1 heterocycles. The predicted octanol–water partition coefficient (Wildman–Crippen LogP) is 7.24. The summed E-state index contributed by atoms with van der Waals surface area (Å²) in [6.07, 6.45) is 12.9. The molecule has 0 bridgehead atoms. The van der Waals surface area contributed by atoms with Crippen LogP contribution in [0.15, 0.2) is 77.8 Å². The molecule has 1 N–H and O–H groups in total. The lowest BCUT2D eigenvalue weighted by molar-refractivity contribution is 0.370. The number of halogens is 1. The number of fused-ring (bicyclic) bond motifs is 3. The lowest BCUT2D eigenvalue weighted by Crippen LogP contribution is -2.29. The zero-order valence-corrected chi connectivity index (χ0v) is 19.2. The van der Waals surface area contributed by atoms with Crippen molar-refractivity contribution in [2.75, 3.05) is 11.9 Å². The van der Waals surface area contributed by atoms with Gasteiger partial charge in [-0.05, 0) is 66.8 Å². The lowest BCUT2D eigenvalue weighted by atomic mass is 9.76. The van der Waals surface area contributed by atoms with Gasteiger partial charge >= 0.3 is 0 Å². The van der Waals surface area contributed by atoms with Crippen molar-refractivity contribution in [1.29, 1.82) is 0 Å². The number of aryl methyl sites for hydroxylation is 1. The Kier molecular flexibility index (Phi) is 5.94. The van der Waals surface area contributed by atoms with Crippen LogP contribution in [-0.4, -0.2) is 12.8 Å². The molecule has 0 unspecified atom stereocenters. The van der Waals surface area contributed by atoms with Crippen LogP contribution in [0.5, 0.6) is 5.75 Å². The number of hydrogen-bond acceptors (Lipinski definition) is 3. The predicted molar refractivity (Wildman–Crippen MR) is 137 cm³/mol. The monoisotopic (exact) mass is 452 g/mol. The van der Waals surface area contributed by atoms with Gasteiger partial charge < -0.3 is 10.1 Å². The highest BCUT2D eigenvalue weighted by molar-refractivity contribution is 6.30. The Morgan fingerprint density at radius 2 is 2.00 bits per heavy atom. The number of rotatable bonds is 5. The summed E-state index contributed by atoms with van der Waals surface area (Å²) in [5.74, 6) is 4.14. The molecule has 5 rings (SSSR count). The molecule has 0 radical (unpaired) electrons. The maximum atomic E-state index is 6.16. The van der Waals surface area contributed by atoms with E-state index in [0.29, 0.717) is 22.6 Å². The van der Waals surface area contributed by atoms with Crippen LogP contribution in [0.25, 0.3) is 0 Å². The normalized spacial score (nSPS) is 20.7. The molecular weight excluding hydrogens is 428 g/mol. The van der Waals surface area contributed by atoms with Crippen molar-refractivity contribution in [2.45, 2.75) is 25.3 Å². The number of nitrogens with one attached hydrogen (secondary N) is 1. The van der Waals surface area contributed by atoms with Crippen molar-refractivity contribution in [2.24, 2.45) is 10.9 Å². The number of benzene rings is 3. The van der Waals surface area contributed by atoms with E-state index in [1.807, 2.05) is 12.1 Å². The van der Waals surface area contributed by atoms with E-state index in [4.69, 9.17) is 22.8 Å². The number of aliphatic imine (C=N–C) groups is 1. The molecule has 1 aliphatic carbocycles. The van der Waals surface area contributed by atoms with Crippen LogP contribution in [-0.2, 0) is 0 Å². The van der Waals surface area contributed by atoms with Gasteiger partial charge in [-0.3, -0.25) is 4.99 Å². The van der Waals surface area contributed by atoms with Crippen molar-refractivity contribution in [3.63, 3.8) is 0 Å². The Morgan fingerprint density at radius 3 is 2.82 bits per heavy atom. The van der Waals surface area contributed by atoms with Gasteiger partial charge in [0.2, 0.25) is 0 Å². The average molecular weight is 453 g/mol. The van der Waals surface area contributed by atoms with Gasteiger partial charge in [-0.1, -0.05) is 59.5 Å². The van der Waals surface area contributed by atoms with Crippen molar-refractivity contribution >= 4 is 29.2 Å². The highest BCUT2D eigenvalue weighted by Gasteiger charge is 2.37. The van der Waals surface area contributed by atoms with E-state index in [0.717, 1.165) is 17.7 Å². The number of terminal acetylenes is 1. The van der Waals surface area contributed by atoms with Gasteiger partial charge in [-0.15, -0.1) is 6.42 Å². The molecule has 0 saturated heterocycles. The van der Waals surface area contributed by atoms with Crippen LogP contribution >= 0.6 is 11.6 Å². The smallest absolute Gasteiger partial charge is 0.148 e. The molecule has 0 spiro atoms. The molecule has 3 aromatic carbocycles. The number of allylic oxidation sites excluding steroid dienone is 2. The fraction of sp³-hybridized carbons (Fsp3) is 0.207. The minimum absolute atomic E-state index is 0.200. The first-order valence-corrected chi connectivity index (χ1v) is 11.5. The topological polar surface area (TPSA) is 33.6 Å². The molecule has 4 heteroatoms. The summed E-state index contributed by atoms with van der Waals surface area (Å²) in [4.78, 5) is 4.64. The van der Waals surface area contributed by atoms with Crippen LogP contribution in [0.4, 0.5) is 11.4 Å². The molecule has 0 saturated carbocycles. The van der Waals surface area contributed by atoms with Gasteiger partial charge in [0.15, 0.2) is 0 Å². The van der Waals surface area contributed by atoms with Crippen LogP contribution in [0.3, 0.4) is 0 Å². The number of hydrogen-bond donors (Lipinski definition) is 1. The first-order valence-electron chi connectivity index (χ1n) is 11.2. The molecule has 0 amide bonds. The minimum atomic E-state index is 0.200. The summed E-state index contributed by atoms with van der Waals surface area (Å²) < 4.78 is 5.60. The van der Waals surface area contributed by atoms with Crippen LogP contribution < -0.4 is 10.1 Å². The fourth-order valence-electron chi connectivity index (χ4n) is 4.83. The first-order chi connectivity index (χ1) is 16.1. The molecule has 1 aliphatic heterocycles. The van der Waals surface area contributed by atoms with E-state index in [1.54, 1.807) is 12.3 Å². The third kappa shape index (κ3) is 4.40. The number of ether oxygens (including phenoxy) is 1. The summed E-state index contributed by atoms with van der Waals surface area (Å²) in [6, 6.07) is 20.9. The second-order valence-corrected chi connectivity index (χ2v) is 9.03. The highest BCUT2D eigenvalue weighted by atomic mass is 35.5. The summed E-state index contributed by atoms with van der Waals surface area (Å²) in [5.41, 5.74) is 6.90. The minimum Gasteiger partial charge on any atom is -0.480 e. The van der Waals surface area contributed by atoms with E-state index in [2.05, 4.69) is 77.8 Å². The molecule has 3 aromatic rings. The third-order valence-corrected chi connectivity index (χ3v) is 6.64. The SMILES string of the molecule is C#CCOc1ccc(Cl)cc1C=Nc1ccc([C@@H]2Nc3ccc(C)cc3[C@@H]3C=CC[C@@H]32)cc1. The van der Waals surface area contributed by atoms with Gasteiger partial charge in [-0.2, -0.15) is 0 Å². The number of nitrogens with zero attached hydrogens (tertiary/aromatic N) is 1. The molecule has 0 fully saturated rings. The van der Waals surface area contributed by atoms with Crippen LogP contribution in [0, 0.1) is 25.2 Å². The van der Waals surface area contributed by atoms with Gasteiger partial charge in [0.05, 0.1) is 11.7 Å². The van der Waals surface area contributed by atoms with Gasteiger partial charge in [0.1, 0.15) is 12.4 Å². The molecule has 164 valence electrons. The first kappa shape index (κ1) is 21.4. The van der Waals surface area contributed by atoms with Gasteiger partial charge in [0.25, 0.3) is 0 Å². The molecule has 3 atom stereocenters. The standard InChI is InChI=1S/C29H25ClN2O/c1-3-15-33-28-14-10-22(30)17-21(28)18-31-23-11-8-20(9-12-23)29-25-6-4-5-24(25)26-16-19(2)7-13-27(26)32-29/h1,4-5,7-14,16-18,24-25,29,32H,6,15H2,2H3/t24-,25+,29+/m1/s1. The Balaban J connectivity index is 1.37. The zero-order valence-electron chi connectivity index (χ0n) is 18.5. The highest BCUT2D eigenvalue weighted by Crippen LogP contribution is 2.50. The summed E-state index contributed by atoms with van der Waals surface area (Å²) in [7, 11) is 0. The van der Waals surface area contributed by atoms with Gasteiger partial charge in [0, 0.05) is 28.4 Å². The lowest BCUT2D eigenvalue weighted by Gasteiger charge is -2.37. The van der Waals surface area contributed by atoms with E-state index >= 15 is 0 Å². The number of anilines is 1. The second-order valence-electron chi connectivity index (χ2n) is 8.59. The van der Waals surface area contributed by atoms with E-state index in [1.165, 1.54) is 22.4 Å². The van der Waals surface area contributed by atoms with Crippen molar-refractivity contribution in [3.05, 3.63) is 100 Å². The Labute approximate surface area is 200 Å². The summed E-state index contributed by atoms with van der Waals surface area (Å²) >= 11 is 6.16. The Bertz CT molecular complexity index is 1270. The van der Waals surface area contributed by atoms with Gasteiger partial charge in [-0.25, -0.2) is 0 Å². The summed E-state index contributed by atoms with van der Waals surface area (Å²) in [5, 5.41) is 4.42. The molecule has 2 aliphatic rings. The molecule has 33 heavy (non-hydrogen) atoms. The molecule has 3 nitrogen and oxygen atoms in total. The van der Waals surface area contributed by atoms with Crippen molar-refractivity contribution < 1.29 is 4.74 Å². The van der Waals surface area contributed by atoms with E-state index < -0.39 is 0 Å². The zero-order chi connectivity index (χ0) is 22.8. The Hall–Kier alpha value is -3.48. The summed E-state index contributed by atoms with van der Waals surface area (Å²) in [6.45, 7) is 2.36. The Morgan fingerprint density at radius 1 is 1.15 bits per heavy atom. The van der Waals surface area contributed by atoms with E-state index in [9.17, 15) is 0 Å². The fourth-order valence-corrected chi connectivity index (χ4v) is 5.01. The van der Waals surface area contributed by atoms with E-state index in [-0.39, 0.29) is 12.6 Å². The maximum absolute atomic E-state index is 6.16. The second kappa shape index (κ2) is 9.17.